The molecule has 1 aromatic rings. The summed E-state index contributed by atoms with van der Waals surface area (Å²) in [6.45, 7) is 4.71. The molecule has 18 heavy (non-hydrogen) atoms. The molecule has 6 heteroatoms. The van der Waals surface area contributed by atoms with Crippen LogP contribution in [-0.4, -0.2) is 46.3 Å². The number of carbonyl (C=O) groups is 1. The summed E-state index contributed by atoms with van der Waals surface area (Å²) in [5, 5.41) is 6.91. The van der Waals surface area contributed by atoms with Gasteiger partial charge in [-0.05, 0) is 19.4 Å². The summed E-state index contributed by atoms with van der Waals surface area (Å²) in [5.74, 6) is -0.194. The van der Waals surface area contributed by atoms with Crippen molar-refractivity contribution in [1.29, 1.82) is 0 Å². The Balaban J connectivity index is 1.79. The van der Waals surface area contributed by atoms with Crippen molar-refractivity contribution in [3.63, 3.8) is 0 Å². The highest BCUT2D eigenvalue weighted by atomic mass is 16.2. The van der Waals surface area contributed by atoms with Gasteiger partial charge in [-0.15, -0.1) is 0 Å². The molecule has 0 aromatic carbocycles. The third-order valence-electron chi connectivity index (χ3n) is 3.23. The molecule has 1 aliphatic rings. The average molecular weight is 251 g/mol. The van der Waals surface area contributed by atoms with E-state index in [0.29, 0.717) is 17.9 Å². The van der Waals surface area contributed by atoms with E-state index in [1.165, 1.54) is 12.8 Å². The van der Waals surface area contributed by atoms with E-state index >= 15 is 0 Å². The standard InChI is InChI=1S/C12H21N5O/c1-3-17(9-4-5-9)7-6-14-12(18)11-10(13)8-16(2)15-11/h8-9H,3-7,13H2,1-2H3,(H,14,18). The van der Waals surface area contributed by atoms with Crippen molar-refractivity contribution < 1.29 is 4.79 Å². The van der Waals surface area contributed by atoms with Gasteiger partial charge in [0.1, 0.15) is 0 Å². The van der Waals surface area contributed by atoms with Crippen LogP contribution in [-0.2, 0) is 7.05 Å². The second-order valence-corrected chi connectivity index (χ2v) is 4.72. The van der Waals surface area contributed by atoms with E-state index in [2.05, 4.69) is 22.2 Å². The molecule has 0 spiro atoms. The maximum absolute atomic E-state index is 11.8. The first-order valence-electron chi connectivity index (χ1n) is 6.43. The van der Waals surface area contributed by atoms with Crippen LogP contribution >= 0.6 is 0 Å². The van der Waals surface area contributed by atoms with Crippen LogP contribution in [0.15, 0.2) is 6.20 Å². The summed E-state index contributed by atoms with van der Waals surface area (Å²) >= 11 is 0. The number of hydrogen-bond acceptors (Lipinski definition) is 4. The van der Waals surface area contributed by atoms with Gasteiger partial charge in [-0.3, -0.25) is 14.4 Å². The first-order chi connectivity index (χ1) is 8.61. The molecule has 0 radical (unpaired) electrons. The number of nitrogens with two attached hydrogens (primary N) is 1. The van der Waals surface area contributed by atoms with E-state index in [0.717, 1.165) is 19.1 Å². The third kappa shape index (κ3) is 3.01. The van der Waals surface area contributed by atoms with Gasteiger partial charge >= 0.3 is 0 Å². The topological polar surface area (TPSA) is 76.2 Å². The number of aryl methyl sites for hydroxylation is 1. The number of amides is 1. The molecule has 1 heterocycles. The molecule has 1 aromatic heterocycles. The molecule has 6 nitrogen and oxygen atoms in total. The lowest BCUT2D eigenvalue weighted by molar-refractivity contribution is 0.0943. The third-order valence-corrected chi connectivity index (χ3v) is 3.23. The van der Waals surface area contributed by atoms with Crippen molar-refractivity contribution in [3.05, 3.63) is 11.9 Å². The molecular formula is C12H21N5O. The Labute approximate surface area is 107 Å². The smallest absolute Gasteiger partial charge is 0.273 e. The summed E-state index contributed by atoms with van der Waals surface area (Å²) in [7, 11) is 1.75. The zero-order valence-corrected chi connectivity index (χ0v) is 11.0. The summed E-state index contributed by atoms with van der Waals surface area (Å²) < 4.78 is 1.55. The van der Waals surface area contributed by atoms with E-state index in [1.54, 1.807) is 17.9 Å². The predicted molar refractivity (Wildman–Crippen MR) is 70.2 cm³/mol. The van der Waals surface area contributed by atoms with Gasteiger partial charge in [0.2, 0.25) is 0 Å². The molecule has 0 saturated heterocycles. The molecule has 1 amide bonds. The van der Waals surface area contributed by atoms with Gasteiger partial charge in [-0.2, -0.15) is 5.10 Å². The van der Waals surface area contributed by atoms with Crippen LogP contribution in [0.25, 0.3) is 0 Å². The lowest BCUT2D eigenvalue weighted by Gasteiger charge is -2.19. The van der Waals surface area contributed by atoms with Gasteiger partial charge < -0.3 is 11.1 Å². The molecule has 3 N–H and O–H groups in total. The number of likely N-dealkylation sites (N-methyl/N-ethyl adjacent to an activating group) is 1. The molecule has 0 aliphatic heterocycles. The van der Waals surface area contributed by atoms with Gasteiger partial charge in [0.25, 0.3) is 5.91 Å². The summed E-state index contributed by atoms with van der Waals surface area (Å²) in [4.78, 5) is 14.2. The van der Waals surface area contributed by atoms with Gasteiger partial charge in [0.05, 0.1) is 5.69 Å². The Morgan fingerprint density at radius 1 is 1.67 bits per heavy atom. The average Bonchev–Trinajstić information content (AvgIpc) is 3.10. The first-order valence-corrected chi connectivity index (χ1v) is 6.43. The second kappa shape index (κ2) is 5.39. The predicted octanol–water partition coefficient (Wildman–Crippen LogP) is 0.216. The minimum absolute atomic E-state index is 0.194. The highest BCUT2D eigenvalue weighted by Gasteiger charge is 2.27. The lowest BCUT2D eigenvalue weighted by atomic mass is 10.3. The van der Waals surface area contributed by atoms with Gasteiger partial charge in [-0.1, -0.05) is 6.92 Å². The highest BCUT2D eigenvalue weighted by molar-refractivity contribution is 5.96. The second-order valence-electron chi connectivity index (χ2n) is 4.72. The number of hydrogen-bond donors (Lipinski definition) is 2. The van der Waals surface area contributed by atoms with E-state index in [4.69, 9.17) is 5.73 Å². The molecule has 100 valence electrons. The molecule has 1 fully saturated rings. The number of rotatable bonds is 6. The molecule has 0 bridgehead atoms. The largest absolute Gasteiger partial charge is 0.396 e. The van der Waals surface area contributed by atoms with Crippen LogP contribution in [0.1, 0.15) is 30.3 Å². The van der Waals surface area contributed by atoms with Crippen molar-refractivity contribution in [2.45, 2.75) is 25.8 Å². The number of nitrogens with one attached hydrogen (secondary N) is 1. The zero-order valence-electron chi connectivity index (χ0n) is 11.0. The molecule has 2 rings (SSSR count). The van der Waals surface area contributed by atoms with E-state index in [9.17, 15) is 4.79 Å². The maximum atomic E-state index is 11.8. The van der Waals surface area contributed by atoms with Crippen molar-refractivity contribution in [1.82, 2.24) is 20.0 Å². The normalized spacial score (nSPS) is 15.1. The van der Waals surface area contributed by atoms with E-state index in [-0.39, 0.29) is 5.91 Å². The summed E-state index contributed by atoms with van der Waals surface area (Å²) in [6, 6.07) is 0.729. The number of carbonyl (C=O) groups excluding carboxylic acids is 1. The Bertz CT molecular complexity index is 424. The maximum Gasteiger partial charge on any atom is 0.273 e. The van der Waals surface area contributed by atoms with Crippen LogP contribution in [0.5, 0.6) is 0 Å². The van der Waals surface area contributed by atoms with E-state index in [1.807, 2.05) is 0 Å². The van der Waals surface area contributed by atoms with Crippen molar-refractivity contribution >= 4 is 11.6 Å². The number of anilines is 1. The van der Waals surface area contributed by atoms with Crippen LogP contribution in [0.3, 0.4) is 0 Å². The van der Waals surface area contributed by atoms with Gasteiger partial charge in [-0.25, -0.2) is 0 Å². The number of aromatic nitrogens is 2. The molecular weight excluding hydrogens is 230 g/mol. The van der Waals surface area contributed by atoms with Crippen molar-refractivity contribution in [3.8, 4) is 0 Å². The fraction of sp³-hybridized carbons (Fsp3) is 0.667. The van der Waals surface area contributed by atoms with Gasteiger partial charge in [0, 0.05) is 32.4 Å². The Hall–Kier alpha value is -1.56. The minimum Gasteiger partial charge on any atom is -0.396 e. The van der Waals surface area contributed by atoms with Crippen LogP contribution in [0, 0.1) is 0 Å². The van der Waals surface area contributed by atoms with Crippen LogP contribution in [0.2, 0.25) is 0 Å². The highest BCUT2D eigenvalue weighted by Crippen LogP contribution is 2.25. The lowest BCUT2D eigenvalue weighted by Crippen LogP contribution is -2.36. The SMILES string of the molecule is CCN(CCNC(=O)c1nn(C)cc1N)C1CC1. The van der Waals surface area contributed by atoms with Crippen molar-refractivity contribution in [2.24, 2.45) is 7.05 Å². The molecule has 0 atom stereocenters. The Morgan fingerprint density at radius 2 is 2.39 bits per heavy atom. The molecule has 1 aliphatic carbocycles. The van der Waals surface area contributed by atoms with Crippen molar-refractivity contribution in [2.75, 3.05) is 25.4 Å². The summed E-state index contributed by atoms with van der Waals surface area (Å²) in [6.07, 6.45) is 4.21. The summed E-state index contributed by atoms with van der Waals surface area (Å²) in [5.41, 5.74) is 6.44. The quantitative estimate of drug-likeness (QED) is 0.758. The Morgan fingerprint density at radius 3 is 2.89 bits per heavy atom. The molecule has 0 unspecified atom stereocenters. The van der Waals surface area contributed by atoms with Crippen LogP contribution in [0.4, 0.5) is 5.69 Å². The molecule has 1 saturated carbocycles. The first kappa shape index (κ1) is 12.9. The Kier molecular flexibility index (Phi) is 3.86. The van der Waals surface area contributed by atoms with E-state index < -0.39 is 0 Å². The fourth-order valence-electron chi connectivity index (χ4n) is 2.12. The monoisotopic (exact) mass is 251 g/mol. The van der Waals surface area contributed by atoms with Crippen LogP contribution < -0.4 is 11.1 Å². The minimum atomic E-state index is -0.194. The van der Waals surface area contributed by atoms with Gasteiger partial charge in [0.15, 0.2) is 5.69 Å². The zero-order chi connectivity index (χ0) is 13.1. The fourth-order valence-corrected chi connectivity index (χ4v) is 2.12. The number of nitrogens with zero attached hydrogens (tertiary/aromatic N) is 3. The number of nitrogen functional groups attached to an aromatic ring is 1.